The fraction of sp³-hybridized carbons (Fsp3) is 0.533. The highest BCUT2D eigenvalue weighted by molar-refractivity contribution is 5.61. The zero-order valence-corrected chi connectivity index (χ0v) is 11.3. The minimum absolute atomic E-state index is 0.0786. The molecular formula is C15H17N3O2. The van der Waals surface area contributed by atoms with Gasteiger partial charge in [0, 0.05) is 24.3 Å². The molecule has 1 aromatic rings. The van der Waals surface area contributed by atoms with Crippen LogP contribution < -0.4 is 4.90 Å². The topological polar surface area (TPSA) is 70.2 Å². The van der Waals surface area contributed by atoms with Gasteiger partial charge in [0.25, 0.3) is 5.69 Å². The van der Waals surface area contributed by atoms with E-state index in [0.717, 1.165) is 24.6 Å². The Morgan fingerprint density at radius 3 is 2.85 bits per heavy atom. The molecule has 0 spiro atoms. The second-order valence-corrected chi connectivity index (χ2v) is 5.66. The zero-order chi connectivity index (χ0) is 14.1. The van der Waals surface area contributed by atoms with Crippen LogP contribution in [-0.2, 0) is 0 Å². The summed E-state index contributed by atoms with van der Waals surface area (Å²) >= 11 is 0. The maximum absolute atomic E-state index is 11.1. The molecule has 1 aliphatic heterocycles. The molecule has 1 saturated carbocycles. The van der Waals surface area contributed by atoms with Crippen LogP contribution >= 0.6 is 0 Å². The van der Waals surface area contributed by atoms with Gasteiger partial charge in [-0.25, -0.2) is 0 Å². The van der Waals surface area contributed by atoms with E-state index in [1.54, 1.807) is 12.1 Å². The van der Waals surface area contributed by atoms with E-state index in [0.29, 0.717) is 6.04 Å². The number of nitriles is 1. The fourth-order valence-corrected chi connectivity index (χ4v) is 3.72. The van der Waals surface area contributed by atoms with Gasteiger partial charge in [-0.3, -0.25) is 10.1 Å². The Morgan fingerprint density at radius 2 is 2.10 bits per heavy atom. The summed E-state index contributed by atoms with van der Waals surface area (Å²) in [4.78, 5) is 12.9. The fourth-order valence-electron chi connectivity index (χ4n) is 3.72. The van der Waals surface area contributed by atoms with Crippen LogP contribution in [0.5, 0.6) is 0 Å². The molecule has 2 aliphatic rings. The Bertz CT molecular complexity index is 579. The van der Waals surface area contributed by atoms with E-state index < -0.39 is 4.92 Å². The van der Waals surface area contributed by atoms with E-state index in [4.69, 9.17) is 5.26 Å². The number of anilines is 1. The predicted molar refractivity (Wildman–Crippen MR) is 75.5 cm³/mol. The van der Waals surface area contributed by atoms with Gasteiger partial charge in [0.2, 0.25) is 0 Å². The van der Waals surface area contributed by atoms with Crippen LogP contribution in [0.25, 0.3) is 0 Å². The van der Waals surface area contributed by atoms with Gasteiger partial charge in [-0.05, 0) is 43.7 Å². The number of hydrogen-bond donors (Lipinski definition) is 0. The van der Waals surface area contributed by atoms with Crippen molar-refractivity contribution in [2.24, 2.45) is 5.92 Å². The SMILES string of the molecule is N#Cc1ccc(N2CCCC3CCCC32)cc1[N+](=O)[O-]. The van der Waals surface area contributed by atoms with Crippen LogP contribution in [0.4, 0.5) is 11.4 Å². The summed E-state index contributed by atoms with van der Waals surface area (Å²) in [5.41, 5.74) is 0.955. The van der Waals surface area contributed by atoms with Gasteiger partial charge in [-0.1, -0.05) is 6.42 Å². The molecular weight excluding hydrogens is 254 g/mol. The molecule has 5 heteroatoms. The molecule has 0 radical (unpaired) electrons. The average Bonchev–Trinajstić information content (AvgIpc) is 2.94. The van der Waals surface area contributed by atoms with Gasteiger partial charge >= 0.3 is 0 Å². The third kappa shape index (κ3) is 2.11. The van der Waals surface area contributed by atoms with Gasteiger partial charge in [0.1, 0.15) is 11.6 Å². The monoisotopic (exact) mass is 271 g/mol. The first-order valence-corrected chi connectivity index (χ1v) is 7.16. The summed E-state index contributed by atoms with van der Waals surface area (Å²) in [7, 11) is 0. The van der Waals surface area contributed by atoms with E-state index >= 15 is 0 Å². The molecule has 2 atom stereocenters. The molecule has 1 aliphatic carbocycles. The maximum atomic E-state index is 11.1. The summed E-state index contributed by atoms with van der Waals surface area (Å²) < 4.78 is 0. The van der Waals surface area contributed by atoms with Gasteiger partial charge in [-0.2, -0.15) is 5.26 Å². The third-order valence-corrected chi connectivity index (χ3v) is 4.62. The van der Waals surface area contributed by atoms with Crippen molar-refractivity contribution < 1.29 is 4.92 Å². The molecule has 5 nitrogen and oxygen atoms in total. The van der Waals surface area contributed by atoms with Crippen LogP contribution in [-0.4, -0.2) is 17.5 Å². The highest BCUT2D eigenvalue weighted by Gasteiger charge is 2.35. The Kier molecular flexibility index (Phi) is 3.31. The molecule has 0 aromatic heterocycles. The summed E-state index contributed by atoms with van der Waals surface area (Å²) in [6.07, 6.45) is 6.14. The smallest absolute Gasteiger partial charge is 0.289 e. The molecule has 3 rings (SSSR count). The average molecular weight is 271 g/mol. The number of hydrogen-bond acceptors (Lipinski definition) is 4. The van der Waals surface area contributed by atoms with Crippen LogP contribution in [0, 0.1) is 27.4 Å². The van der Waals surface area contributed by atoms with Crippen LogP contribution in [0.3, 0.4) is 0 Å². The van der Waals surface area contributed by atoms with Gasteiger partial charge in [0.05, 0.1) is 4.92 Å². The Hall–Kier alpha value is -2.09. The summed E-state index contributed by atoms with van der Waals surface area (Å²) in [5, 5.41) is 20.0. The summed E-state index contributed by atoms with van der Waals surface area (Å²) in [6, 6.07) is 7.42. The molecule has 1 aromatic carbocycles. The van der Waals surface area contributed by atoms with Crippen molar-refractivity contribution in [1.29, 1.82) is 5.26 Å². The lowest BCUT2D eigenvalue weighted by molar-refractivity contribution is -0.385. The Morgan fingerprint density at radius 1 is 1.30 bits per heavy atom. The number of nitro benzene ring substituents is 1. The summed E-state index contributed by atoms with van der Waals surface area (Å²) in [6.45, 7) is 0.963. The van der Waals surface area contributed by atoms with E-state index in [1.807, 2.05) is 12.1 Å². The number of nitro groups is 1. The zero-order valence-electron chi connectivity index (χ0n) is 11.3. The van der Waals surface area contributed by atoms with Crippen molar-refractivity contribution in [2.45, 2.75) is 38.1 Å². The summed E-state index contributed by atoms with van der Waals surface area (Å²) in [5.74, 6) is 0.735. The standard InChI is InChI=1S/C15H17N3O2/c16-10-12-6-7-13(9-15(12)18(19)20)17-8-2-4-11-3-1-5-14(11)17/h6-7,9,11,14H,1-5,8H2. The Balaban J connectivity index is 1.95. The number of benzene rings is 1. The normalized spacial score (nSPS) is 25.1. The van der Waals surface area contributed by atoms with E-state index in [1.165, 1.54) is 25.7 Å². The molecule has 2 unspecified atom stereocenters. The Labute approximate surface area is 118 Å². The molecule has 2 fully saturated rings. The number of piperidine rings is 1. The molecule has 1 saturated heterocycles. The van der Waals surface area contributed by atoms with Gasteiger partial charge < -0.3 is 4.90 Å². The largest absolute Gasteiger partial charge is 0.368 e. The van der Waals surface area contributed by atoms with Crippen molar-refractivity contribution in [3.05, 3.63) is 33.9 Å². The van der Waals surface area contributed by atoms with Crippen molar-refractivity contribution in [3.63, 3.8) is 0 Å². The second kappa shape index (κ2) is 5.12. The van der Waals surface area contributed by atoms with Gasteiger partial charge in [-0.15, -0.1) is 0 Å². The van der Waals surface area contributed by atoms with Crippen LogP contribution in [0.15, 0.2) is 18.2 Å². The molecule has 20 heavy (non-hydrogen) atoms. The molecule has 0 bridgehead atoms. The van der Waals surface area contributed by atoms with Crippen molar-refractivity contribution in [2.75, 3.05) is 11.4 Å². The minimum Gasteiger partial charge on any atom is -0.368 e. The number of rotatable bonds is 2. The quantitative estimate of drug-likeness (QED) is 0.611. The van der Waals surface area contributed by atoms with Crippen LogP contribution in [0.2, 0.25) is 0 Å². The van der Waals surface area contributed by atoms with Gasteiger partial charge in [0.15, 0.2) is 0 Å². The lowest BCUT2D eigenvalue weighted by Gasteiger charge is -2.39. The second-order valence-electron chi connectivity index (χ2n) is 5.66. The van der Waals surface area contributed by atoms with Crippen LogP contribution in [0.1, 0.15) is 37.7 Å². The highest BCUT2D eigenvalue weighted by atomic mass is 16.6. The molecule has 0 amide bonds. The molecule has 1 heterocycles. The minimum atomic E-state index is -0.460. The van der Waals surface area contributed by atoms with E-state index in [9.17, 15) is 10.1 Å². The molecule has 0 N–H and O–H groups in total. The first-order chi connectivity index (χ1) is 9.70. The number of nitrogens with zero attached hydrogens (tertiary/aromatic N) is 3. The lowest BCUT2D eigenvalue weighted by Crippen LogP contribution is -2.42. The third-order valence-electron chi connectivity index (χ3n) is 4.62. The van der Waals surface area contributed by atoms with Crippen molar-refractivity contribution in [1.82, 2.24) is 0 Å². The highest BCUT2D eigenvalue weighted by Crippen LogP contribution is 2.40. The van der Waals surface area contributed by atoms with E-state index in [2.05, 4.69) is 4.90 Å². The van der Waals surface area contributed by atoms with Crippen molar-refractivity contribution in [3.8, 4) is 6.07 Å². The molecule has 104 valence electrons. The lowest BCUT2D eigenvalue weighted by atomic mass is 9.91. The number of fused-ring (bicyclic) bond motifs is 1. The first kappa shape index (κ1) is 12.9. The van der Waals surface area contributed by atoms with E-state index in [-0.39, 0.29) is 11.3 Å². The predicted octanol–water partition coefficient (Wildman–Crippen LogP) is 3.24. The maximum Gasteiger partial charge on any atom is 0.289 e. The first-order valence-electron chi connectivity index (χ1n) is 7.16. The van der Waals surface area contributed by atoms with Crippen molar-refractivity contribution >= 4 is 11.4 Å².